The lowest BCUT2D eigenvalue weighted by Gasteiger charge is -2.34. The van der Waals surface area contributed by atoms with Crippen LogP contribution < -0.4 is 5.32 Å². The first kappa shape index (κ1) is 9.40. The molecule has 6 heteroatoms. The van der Waals surface area contributed by atoms with E-state index in [1.165, 1.54) is 0 Å². The van der Waals surface area contributed by atoms with E-state index in [-0.39, 0.29) is 0 Å². The Balaban J connectivity index is 2.70. The number of amides is 1. The van der Waals surface area contributed by atoms with Crippen LogP contribution in [0.5, 0.6) is 0 Å². The van der Waals surface area contributed by atoms with Gasteiger partial charge in [0.15, 0.2) is 6.10 Å². The van der Waals surface area contributed by atoms with Gasteiger partial charge in [0.05, 0.1) is 12.6 Å². The highest BCUT2D eigenvalue weighted by molar-refractivity contribution is 5.82. The van der Waals surface area contributed by atoms with Crippen LogP contribution in [0.4, 0.5) is 0 Å². The third-order valence-corrected chi connectivity index (χ3v) is 1.88. The lowest BCUT2D eigenvalue weighted by molar-refractivity contribution is -0.155. The number of hydrogen-bond acceptors (Lipinski definition) is 5. The summed E-state index contributed by atoms with van der Waals surface area (Å²) in [5, 5.41) is 37.9. The van der Waals surface area contributed by atoms with Gasteiger partial charge in [-0.1, -0.05) is 0 Å². The van der Waals surface area contributed by atoms with E-state index in [1.54, 1.807) is 0 Å². The molecule has 6 nitrogen and oxygen atoms in total. The normalized spacial score (nSPS) is 42.5. The van der Waals surface area contributed by atoms with Gasteiger partial charge in [-0.15, -0.1) is 0 Å². The van der Waals surface area contributed by atoms with Gasteiger partial charge in [0.2, 0.25) is 0 Å². The summed E-state index contributed by atoms with van der Waals surface area (Å²) in [6.07, 6.45) is -4.48. The van der Waals surface area contributed by atoms with Crippen LogP contribution in [0.1, 0.15) is 0 Å². The molecule has 0 aliphatic carbocycles. The topological polar surface area (TPSA) is 110 Å². The van der Waals surface area contributed by atoms with E-state index >= 15 is 0 Å². The zero-order valence-corrected chi connectivity index (χ0v) is 6.21. The zero-order valence-electron chi connectivity index (χ0n) is 6.21. The van der Waals surface area contributed by atoms with Gasteiger partial charge < -0.3 is 25.7 Å². The number of piperidine rings is 1. The van der Waals surface area contributed by atoms with Crippen molar-refractivity contribution in [2.75, 3.05) is 6.61 Å². The average Bonchev–Trinajstić information content (AvgIpc) is 2.08. The molecule has 0 aromatic heterocycles. The van der Waals surface area contributed by atoms with Crippen LogP contribution in [0.3, 0.4) is 0 Å². The molecule has 1 aliphatic rings. The Kier molecular flexibility index (Phi) is 2.63. The predicted octanol–water partition coefficient (Wildman–Crippen LogP) is -3.44. The fourth-order valence-corrected chi connectivity index (χ4v) is 1.09. The SMILES string of the molecule is O=C1NC(CO)C(O)[C@H](O)[C@@H]1O. The molecule has 1 amide bonds. The summed E-state index contributed by atoms with van der Waals surface area (Å²) in [7, 11) is 0. The highest BCUT2D eigenvalue weighted by Gasteiger charge is 2.40. The number of carbonyl (C=O) groups excluding carboxylic acids is 1. The van der Waals surface area contributed by atoms with Gasteiger partial charge in [-0.2, -0.15) is 0 Å². The van der Waals surface area contributed by atoms with Gasteiger partial charge in [-0.3, -0.25) is 4.79 Å². The van der Waals surface area contributed by atoms with Crippen molar-refractivity contribution < 1.29 is 25.2 Å². The monoisotopic (exact) mass is 177 g/mol. The van der Waals surface area contributed by atoms with Gasteiger partial charge in [0.1, 0.15) is 12.2 Å². The molecule has 2 unspecified atom stereocenters. The molecular formula is C6H11NO5. The molecule has 1 saturated heterocycles. The molecule has 0 aromatic carbocycles. The maximum Gasteiger partial charge on any atom is 0.252 e. The predicted molar refractivity (Wildman–Crippen MR) is 37.0 cm³/mol. The second kappa shape index (κ2) is 3.36. The third kappa shape index (κ3) is 1.42. The van der Waals surface area contributed by atoms with Crippen molar-refractivity contribution in [3.63, 3.8) is 0 Å². The van der Waals surface area contributed by atoms with Crippen molar-refractivity contribution in [2.24, 2.45) is 0 Å². The minimum atomic E-state index is -1.62. The van der Waals surface area contributed by atoms with Crippen LogP contribution in [-0.4, -0.2) is 57.3 Å². The van der Waals surface area contributed by atoms with Crippen molar-refractivity contribution in [1.82, 2.24) is 5.32 Å². The Morgan fingerprint density at radius 1 is 1.25 bits per heavy atom. The Labute approximate surface area is 68.4 Å². The van der Waals surface area contributed by atoms with Crippen LogP contribution in [-0.2, 0) is 4.79 Å². The summed E-state index contributed by atoms with van der Waals surface area (Å²) < 4.78 is 0. The highest BCUT2D eigenvalue weighted by Crippen LogP contribution is 2.10. The van der Waals surface area contributed by atoms with Gasteiger partial charge >= 0.3 is 0 Å². The Bertz CT molecular complexity index is 183. The molecule has 4 atom stereocenters. The minimum absolute atomic E-state index is 0.476. The molecule has 0 bridgehead atoms. The first-order chi connectivity index (χ1) is 5.57. The summed E-state index contributed by atoms with van der Waals surface area (Å²) in [5.41, 5.74) is 0. The Morgan fingerprint density at radius 2 is 1.83 bits per heavy atom. The molecular weight excluding hydrogens is 166 g/mol. The third-order valence-electron chi connectivity index (χ3n) is 1.88. The molecule has 0 spiro atoms. The van der Waals surface area contributed by atoms with E-state index in [9.17, 15) is 4.79 Å². The van der Waals surface area contributed by atoms with Crippen molar-refractivity contribution in [2.45, 2.75) is 24.4 Å². The van der Waals surface area contributed by atoms with E-state index in [0.717, 1.165) is 0 Å². The van der Waals surface area contributed by atoms with Crippen molar-refractivity contribution in [3.8, 4) is 0 Å². The standard InChI is InChI=1S/C6H11NO5/c8-1-2-3(9)4(10)5(11)6(12)7-2/h2-5,8-11H,1H2,(H,7,12)/t2?,3?,4-,5-/m0/s1. The van der Waals surface area contributed by atoms with E-state index in [4.69, 9.17) is 20.4 Å². The largest absolute Gasteiger partial charge is 0.394 e. The zero-order chi connectivity index (χ0) is 9.30. The highest BCUT2D eigenvalue weighted by atomic mass is 16.4. The number of aliphatic hydroxyl groups is 4. The summed E-state index contributed by atoms with van der Waals surface area (Å²) in [6, 6.07) is -0.907. The van der Waals surface area contributed by atoms with E-state index in [0.29, 0.717) is 0 Å². The molecule has 1 fully saturated rings. The molecule has 5 N–H and O–H groups in total. The molecule has 0 saturated carbocycles. The molecule has 12 heavy (non-hydrogen) atoms. The minimum Gasteiger partial charge on any atom is -0.394 e. The van der Waals surface area contributed by atoms with Crippen molar-refractivity contribution >= 4 is 5.91 Å². The van der Waals surface area contributed by atoms with Crippen LogP contribution >= 0.6 is 0 Å². The summed E-state index contributed by atoms with van der Waals surface area (Å²) in [6.45, 7) is -0.476. The number of hydrogen-bond donors (Lipinski definition) is 5. The first-order valence-electron chi connectivity index (χ1n) is 3.53. The molecule has 0 aromatic rings. The maximum absolute atomic E-state index is 10.8. The fraction of sp³-hybridized carbons (Fsp3) is 0.833. The van der Waals surface area contributed by atoms with E-state index < -0.39 is 36.9 Å². The van der Waals surface area contributed by atoms with Crippen LogP contribution in [0.15, 0.2) is 0 Å². The molecule has 70 valence electrons. The quantitative estimate of drug-likeness (QED) is 0.286. The van der Waals surface area contributed by atoms with Crippen LogP contribution in [0.2, 0.25) is 0 Å². The van der Waals surface area contributed by atoms with Gasteiger partial charge in [0.25, 0.3) is 5.91 Å². The van der Waals surface area contributed by atoms with Gasteiger partial charge in [0, 0.05) is 0 Å². The van der Waals surface area contributed by atoms with Crippen LogP contribution in [0.25, 0.3) is 0 Å². The average molecular weight is 177 g/mol. The van der Waals surface area contributed by atoms with Gasteiger partial charge in [-0.25, -0.2) is 0 Å². The fourth-order valence-electron chi connectivity index (χ4n) is 1.09. The molecule has 1 aliphatic heterocycles. The second-order valence-electron chi connectivity index (χ2n) is 2.72. The lowest BCUT2D eigenvalue weighted by Crippen LogP contribution is -2.63. The number of aliphatic hydroxyl groups excluding tert-OH is 4. The smallest absolute Gasteiger partial charge is 0.252 e. The number of rotatable bonds is 1. The maximum atomic E-state index is 10.8. The first-order valence-corrected chi connectivity index (χ1v) is 3.53. The molecule has 0 radical (unpaired) electrons. The number of nitrogens with one attached hydrogen (secondary N) is 1. The van der Waals surface area contributed by atoms with E-state index in [2.05, 4.69) is 5.32 Å². The Morgan fingerprint density at radius 3 is 2.33 bits per heavy atom. The summed E-state index contributed by atoms with van der Waals surface area (Å²) in [4.78, 5) is 10.8. The van der Waals surface area contributed by atoms with E-state index in [1.807, 2.05) is 0 Å². The van der Waals surface area contributed by atoms with Crippen molar-refractivity contribution in [1.29, 1.82) is 0 Å². The van der Waals surface area contributed by atoms with Crippen LogP contribution in [0, 0.1) is 0 Å². The molecule has 1 rings (SSSR count). The lowest BCUT2D eigenvalue weighted by atomic mass is 9.96. The second-order valence-corrected chi connectivity index (χ2v) is 2.72. The van der Waals surface area contributed by atoms with Gasteiger partial charge in [-0.05, 0) is 0 Å². The number of carbonyl (C=O) groups is 1. The van der Waals surface area contributed by atoms with Crippen molar-refractivity contribution in [3.05, 3.63) is 0 Å². The Hall–Kier alpha value is -0.690. The molecule has 1 heterocycles. The summed E-state index contributed by atoms with van der Waals surface area (Å²) >= 11 is 0. The summed E-state index contributed by atoms with van der Waals surface area (Å²) in [5.74, 6) is -0.785.